The molecule has 1 fully saturated rings. The molecular weight excluding hydrogens is 601 g/mol. The van der Waals surface area contributed by atoms with Crippen LogP contribution in [-0.2, 0) is 13.0 Å². The smallest absolute Gasteiger partial charge is 0.274 e. The van der Waals surface area contributed by atoms with Crippen LogP contribution in [-0.4, -0.2) is 70.4 Å². The number of anilines is 1. The van der Waals surface area contributed by atoms with Crippen LogP contribution in [0.4, 0.5) is 5.69 Å². The number of pyridine rings is 2. The zero-order chi connectivity index (χ0) is 30.8. The Morgan fingerprint density at radius 2 is 1.82 bits per heavy atom. The van der Waals surface area contributed by atoms with Gasteiger partial charge in [-0.1, -0.05) is 59.6 Å². The number of likely N-dealkylation sites (tertiary alicyclic amines) is 1. The van der Waals surface area contributed by atoms with Crippen LogP contribution >= 0.6 is 23.2 Å². The Labute approximate surface area is 265 Å². The number of nitrogens with zero attached hydrogens (tertiary/aromatic N) is 3. The second-order valence-corrected chi connectivity index (χ2v) is 11.7. The Bertz CT molecular complexity index is 1680. The molecule has 228 valence electrons. The number of carbonyl (C=O) groups excluding carboxylic acids is 1. The molecule has 3 heterocycles. The number of β-amino-alcohol motifs (C(OH)–C–C–N with tert-alkyl or cyclic N) is 1. The zero-order valence-corrected chi connectivity index (χ0v) is 25.7. The number of methoxy groups -OCH3 is 1. The highest BCUT2D eigenvalue weighted by Crippen LogP contribution is 2.46. The summed E-state index contributed by atoms with van der Waals surface area (Å²) >= 11 is 13.9. The molecule has 4 N–H and O–H groups in total. The summed E-state index contributed by atoms with van der Waals surface area (Å²) < 4.78 is 5.76. The molecule has 1 aliphatic carbocycles. The van der Waals surface area contributed by atoms with E-state index in [0.29, 0.717) is 64.6 Å². The van der Waals surface area contributed by atoms with Crippen molar-refractivity contribution in [1.82, 2.24) is 20.2 Å². The highest BCUT2D eigenvalue weighted by Gasteiger charge is 2.38. The number of nitrogens with one attached hydrogen (secondary N) is 2. The number of hydrogen-bond donors (Lipinski definition) is 4. The summed E-state index contributed by atoms with van der Waals surface area (Å²) in [6.45, 7) is 2.40. The lowest BCUT2D eigenvalue weighted by Gasteiger charge is -2.40. The number of halogens is 2. The van der Waals surface area contributed by atoms with Crippen molar-refractivity contribution >= 4 is 34.8 Å². The largest absolute Gasteiger partial charge is 0.481 e. The first-order valence-corrected chi connectivity index (χ1v) is 15.3. The molecule has 4 aromatic rings. The van der Waals surface area contributed by atoms with Crippen LogP contribution in [0.15, 0.2) is 60.8 Å². The topological polar surface area (TPSA) is 120 Å². The molecule has 2 aromatic heterocycles. The van der Waals surface area contributed by atoms with Crippen molar-refractivity contribution < 1.29 is 19.7 Å². The Balaban J connectivity index is 1.26. The van der Waals surface area contributed by atoms with Crippen LogP contribution in [0.1, 0.15) is 39.6 Å². The Hall–Kier alpha value is -3.57. The number of rotatable bonds is 10. The summed E-state index contributed by atoms with van der Waals surface area (Å²) in [6, 6.07) is 16.9. The standard InChI is InChI=1S/C33H33Cl2N5O4/c1-44-33-29-20(9-11-28(29)40-17-21(42)18-40)14-27(39-33)24-6-2-4-22(30(24)34)23-5-3-7-25(31(23)35)38-32(43)26-10-8-19(16-37-26)15-36-12-13-41/h2-8,10,14,16,21,28,36,41-42H,9,11-13,15,17-18H2,1H3,(H,38,43). The van der Waals surface area contributed by atoms with Gasteiger partial charge in [0.2, 0.25) is 5.88 Å². The zero-order valence-electron chi connectivity index (χ0n) is 24.2. The molecule has 1 unspecified atom stereocenters. The van der Waals surface area contributed by atoms with Crippen molar-refractivity contribution in [3.8, 4) is 28.3 Å². The third-order valence-corrected chi connectivity index (χ3v) is 8.96. The van der Waals surface area contributed by atoms with E-state index in [9.17, 15) is 9.90 Å². The molecule has 1 saturated heterocycles. The summed E-state index contributed by atoms with van der Waals surface area (Å²) in [5.74, 6) is 0.188. The van der Waals surface area contributed by atoms with Gasteiger partial charge in [-0.3, -0.25) is 14.7 Å². The number of benzene rings is 2. The number of hydrogen-bond acceptors (Lipinski definition) is 8. The van der Waals surface area contributed by atoms with Crippen molar-refractivity contribution in [3.05, 3.63) is 93.2 Å². The lowest BCUT2D eigenvalue weighted by Crippen LogP contribution is -2.51. The monoisotopic (exact) mass is 633 g/mol. The first-order chi connectivity index (χ1) is 21.4. The van der Waals surface area contributed by atoms with Crippen molar-refractivity contribution in [2.45, 2.75) is 31.5 Å². The molecular formula is C33H33Cl2N5O4. The van der Waals surface area contributed by atoms with Gasteiger partial charge in [0.15, 0.2) is 0 Å². The molecule has 1 aliphatic heterocycles. The van der Waals surface area contributed by atoms with Gasteiger partial charge in [-0.05, 0) is 42.2 Å². The quantitative estimate of drug-likeness (QED) is 0.178. The van der Waals surface area contributed by atoms with Gasteiger partial charge >= 0.3 is 0 Å². The summed E-state index contributed by atoms with van der Waals surface area (Å²) in [7, 11) is 1.63. The number of aromatic nitrogens is 2. The van der Waals surface area contributed by atoms with E-state index >= 15 is 0 Å². The molecule has 11 heteroatoms. The second-order valence-electron chi connectivity index (χ2n) is 11.0. The minimum atomic E-state index is -0.390. The van der Waals surface area contributed by atoms with E-state index in [-0.39, 0.29) is 30.4 Å². The predicted molar refractivity (Wildman–Crippen MR) is 171 cm³/mol. The third kappa shape index (κ3) is 6.04. The average molecular weight is 635 g/mol. The number of carbonyl (C=O) groups is 1. The number of amides is 1. The molecule has 0 spiro atoms. The third-order valence-electron chi connectivity index (χ3n) is 8.14. The minimum Gasteiger partial charge on any atom is -0.481 e. The van der Waals surface area contributed by atoms with E-state index in [1.807, 2.05) is 36.4 Å². The molecule has 2 aliphatic rings. The van der Waals surface area contributed by atoms with Gasteiger partial charge in [0.1, 0.15) is 5.69 Å². The maximum atomic E-state index is 13.0. The van der Waals surface area contributed by atoms with E-state index in [0.717, 1.165) is 29.5 Å². The summed E-state index contributed by atoms with van der Waals surface area (Å²) in [5.41, 5.74) is 6.67. The molecule has 44 heavy (non-hydrogen) atoms. The summed E-state index contributed by atoms with van der Waals surface area (Å²) in [5, 5.41) is 25.5. The van der Waals surface area contributed by atoms with Gasteiger partial charge in [0.25, 0.3) is 5.91 Å². The van der Waals surface area contributed by atoms with Crippen LogP contribution in [0.3, 0.4) is 0 Å². The Kier molecular flexibility index (Phi) is 9.13. The van der Waals surface area contributed by atoms with Gasteiger partial charge in [0.05, 0.1) is 41.2 Å². The molecule has 2 aromatic carbocycles. The summed E-state index contributed by atoms with van der Waals surface area (Å²) in [6.07, 6.45) is 3.20. The highest BCUT2D eigenvalue weighted by molar-refractivity contribution is 6.39. The lowest BCUT2D eigenvalue weighted by molar-refractivity contribution is -0.0256. The van der Waals surface area contributed by atoms with Gasteiger partial charge in [-0.15, -0.1) is 0 Å². The maximum Gasteiger partial charge on any atom is 0.274 e. The van der Waals surface area contributed by atoms with Crippen molar-refractivity contribution in [1.29, 1.82) is 0 Å². The maximum absolute atomic E-state index is 13.0. The van der Waals surface area contributed by atoms with Crippen LogP contribution < -0.4 is 15.4 Å². The molecule has 0 bridgehead atoms. The molecule has 1 amide bonds. The predicted octanol–water partition coefficient (Wildman–Crippen LogP) is 5.12. The average Bonchev–Trinajstić information content (AvgIpc) is 3.44. The molecule has 1 atom stereocenters. The minimum absolute atomic E-state index is 0.0509. The van der Waals surface area contributed by atoms with Crippen LogP contribution in [0.25, 0.3) is 22.4 Å². The fourth-order valence-electron chi connectivity index (χ4n) is 5.92. The second kappa shape index (κ2) is 13.2. The van der Waals surface area contributed by atoms with Crippen molar-refractivity contribution in [3.63, 3.8) is 0 Å². The number of fused-ring (bicyclic) bond motifs is 1. The summed E-state index contributed by atoms with van der Waals surface area (Å²) in [4.78, 5) is 24.4. The Morgan fingerprint density at radius 3 is 2.52 bits per heavy atom. The van der Waals surface area contributed by atoms with Gasteiger partial charge < -0.3 is 25.6 Å². The van der Waals surface area contributed by atoms with Crippen LogP contribution in [0.2, 0.25) is 10.0 Å². The van der Waals surface area contributed by atoms with Crippen molar-refractivity contribution in [2.24, 2.45) is 0 Å². The number of aryl methyl sites for hydroxylation is 1. The van der Waals surface area contributed by atoms with Gasteiger partial charge in [0, 0.05) is 60.7 Å². The molecule has 0 saturated carbocycles. The van der Waals surface area contributed by atoms with Crippen LogP contribution in [0.5, 0.6) is 5.88 Å². The number of ether oxygens (including phenoxy) is 1. The molecule has 6 rings (SSSR count). The van der Waals surface area contributed by atoms with Crippen LogP contribution in [0, 0.1) is 0 Å². The number of aliphatic hydroxyl groups is 2. The Morgan fingerprint density at radius 1 is 1.07 bits per heavy atom. The first kappa shape index (κ1) is 30.5. The van der Waals surface area contributed by atoms with E-state index in [1.165, 1.54) is 5.56 Å². The van der Waals surface area contributed by atoms with Gasteiger partial charge in [-0.2, -0.15) is 0 Å². The normalized spacial score (nSPS) is 16.4. The van der Waals surface area contributed by atoms with Crippen molar-refractivity contribution in [2.75, 3.05) is 38.7 Å². The fraction of sp³-hybridized carbons (Fsp3) is 0.303. The van der Waals surface area contributed by atoms with E-state index < -0.39 is 0 Å². The van der Waals surface area contributed by atoms with E-state index in [4.69, 9.17) is 38.0 Å². The van der Waals surface area contributed by atoms with E-state index in [1.54, 1.807) is 25.4 Å². The number of aliphatic hydroxyl groups excluding tert-OH is 2. The molecule has 0 radical (unpaired) electrons. The first-order valence-electron chi connectivity index (χ1n) is 14.5. The highest BCUT2D eigenvalue weighted by atomic mass is 35.5. The molecule has 9 nitrogen and oxygen atoms in total. The fourth-order valence-corrected chi connectivity index (χ4v) is 6.52. The van der Waals surface area contributed by atoms with Gasteiger partial charge in [-0.25, -0.2) is 4.98 Å². The van der Waals surface area contributed by atoms with E-state index in [2.05, 4.69) is 26.6 Å². The lowest BCUT2D eigenvalue weighted by atomic mass is 9.98. The SMILES string of the molecule is COc1nc(-c2cccc(-c3cccc(NC(=O)c4ccc(CNCCO)cn4)c3Cl)c2Cl)cc2c1C(N1CC(O)C1)CC2.